The normalized spacial score (nSPS) is 16.5. The molecule has 0 saturated carbocycles. The molecule has 1 aromatic carbocycles. The van der Waals surface area contributed by atoms with E-state index in [1.807, 2.05) is 0 Å². The van der Waals surface area contributed by atoms with Crippen LogP contribution < -0.4 is 4.90 Å². The zero-order valence-corrected chi connectivity index (χ0v) is 15.3. The third-order valence-corrected chi connectivity index (χ3v) is 5.26. The van der Waals surface area contributed by atoms with E-state index < -0.39 is 0 Å². The van der Waals surface area contributed by atoms with Gasteiger partial charge in [-0.05, 0) is 43.9 Å². The monoisotopic (exact) mass is 316 g/mol. The van der Waals surface area contributed by atoms with Gasteiger partial charge in [0.2, 0.25) is 5.91 Å². The van der Waals surface area contributed by atoms with Gasteiger partial charge in [0.05, 0.1) is 0 Å². The van der Waals surface area contributed by atoms with E-state index in [4.69, 9.17) is 0 Å². The summed E-state index contributed by atoms with van der Waals surface area (Å²) in [6, 6.07) is 6.50. The van der Waals surface area contributed by atoms with Crippen molar-refractivity contribution >= 4 is 11.6 Å². The molecular formula is C20H32N2O. The lowest BCUT2D eigenvalue weighted by atomic mass is 9.97. The summed E-state index contributed by atoms with van der Waals surface area (Å²) in [5, 5.41) is 0. The van der Waals surface area contributed by atoms with Gasteiger partial charge in [0.15, 0.2) is 0 Å². The zero-order chi connectivity index (χ0) is 16.8. The molecule has 0 aliphatic carbocycles. The smallest absolute Gasteiger partial charge is 0.225 e. The first kappa shape index (κ1) is 17.8. The van der Waals surface area contributed by atoms with Crippen LogP contribution in [0.2, 0.25) is 0 Å². The van der Waals surface area contributed by atoms with Crippen molar-refractivity contribution in [3.8, 4) is 0 Å². The topological polar surface area (TPSA) is 23.6 Å². The molecule has 0 unspecified atom stereocenters. The number of rotatable bonds is 6. The summed E-state index contributed by atoms with van der Waals surface area (Å²) in [6.07, 6.45) is 4.34. The Balaban J connectivity index is 1.95. The van der Waals surface area contributed by atoms with Crippen molar-refractivity contribution in [3.63, 3.8) is 0 Å². The van der Waals surface area contributed by atoms with E-state index in [0.29, 0.717) is 5.91 Å². The Kier molecular flexibility index (Phi) is 6.49. The second kappa shape index (κ2) is 8.37. The number of carbonyl (C=O) groups excluding carboxylic acids is 1. The fourth-order valence-electron chi connectivity index (χ4n) is 3.46. The Labute approximate surface area is 141 Å². The van der Waals surface area contributed by atoms with Crippen LogP contribution in [0.1, 0.15) is 50.7 Å². The number of unbranched alkanes of at least 4 members (excludes halogenated alkanes) is 1. The van der Waals surface area contributed by atoms with Gasteiger partial charge in [-0.2, -0.15) is 0 Å². The molecule has 0 N–H and O–H groups in total. The number of piperazine rings is 1. The molecule has 2 rings (SSSR count). The third-order valence-electron chi connectivity index (χ3n) is 5.26. The molecule has 128 valence electrons. The quantitative estimate of drug-likeness (QED) is 0.786. The molecular weight excluding hydrogens is 284 g/mol. The van der Waals surface area contributed by atoms with Gasteiger partial charge < -0.3 is 9.80 Å². The first-order valence-corrected chi connectivity index (χ1v) is 9.18. The van der Waals surface area contributed by atoms with Gasteiger partial charge in [0.1, 0.15) is 0 Å². The van der Waals surface area contributed by atoms with Crippen LogP contribution in [0.25, 0.3) is 0 Å². The van der Waals surface area contributed by atoms with Crippen LogP contribution in [0.5, 0.6) is 0 Å². The van der Waals surface area contributed by atoms with E-state index in [1.165, 1.54) is 23.2 Å². The highest BCUT2D eigenvalue weighted by Gasteiger charge is 2.26. The van der Waals surface area contributed by atoms with Gasteiger partial charge in [-0.25, -0.2) is 0 Å². The highest BCUT2D eigenvalue weighted by atomic mass is 16.2. The zero-order valence-electron chi connectivity index (χ0n) is 15.3. The van der Waals surface area contributed by atoms with Crippen LogP contribution in [-0.4, -0.2) is 37.0 Å². The average Bonchev–Trinajstić information content (AvgIpc) is 2.58. The Bertz CT molecular complexity index is 518. The maximum atomic E-state index is 12.7. The van der Waals surface area contributed by atoms with Gasteiger partial charge in [0.25, 0.3) is 0 Å². The Morgan fingerprint density at radius 1 is 1.13 bits per heavy atom. The molecule has 1 saturated heterocycles. The van der Waals surface area contributed by atoms with E-state index in [2.05, 4.69) is 55.7 Å². The molecule has 1 heterocycles. The fourth-order valence-corrected chi connectivity index (χ4v) is 3.46. The minimum Gasteiger partial charge on any atom is -0.368 e. The molecule has 0 spiro atoms. The molecule has 0 radical (unpaired) electrons. The lowest BCUT2D eigenvalue weighted by Gasteiger charge is -2.38. The van der Waals surface area contributed by atoms with Crippen molar-refractivity contribution in [2.24, 2.45) is 5.92 Å². The number of anilines is 1. The van der Waals surface area contributed by atoms with Crippen molar-refractivity contribution < 1.29 is 4.79 Å². The first-order chi connectivity index (χ1) is 11.1. The Hall–Kier alpha value is -1.51. The van der Waals surface area contributed by atoms with Crippen molar-refractivity contribution in [3.05, 3.63) is 29.3 Å². The largest absolute Gasteiger partial charge is 0.368 e. The Morgan fingerprint density at radius 2 is 1.83 bits per heavy atom. The highest BCUT2D eigenvalue weighted by Crippen LogP contribution is 2.25. The van der Waals surface area contributed by atoms with E-state index in [1.54, 1.807) is 0 Å². The molecule has 1 aliphatic rings. The highest BCUT2D eigenvalue weighted by molar-refractivity contribution is 5.79. The first-order valence-electron chi connectivity index (χ1n) is 9.18. The maximum absolute atomic E-state index is 12.7. The summed E-state index contributed by atoms with van der Waals surface area (Å²) >= 11 is 0. The number of amides is 1. The van der Waals surface area contributed by atoms with Gasteiger partial charge in [-0.1, -0.05) is 38.8 Å². The van der Waals surface area contributed by atoms with Gasteiger partial charge in [-0.15, -0.1) is 0 Å². The van der Waals surface area contributed by atoms with Crippen LogP contribution >= 0.6 is 0 Å². The van der Waals surface area contributed by atoms with E-state index >= 15 is 0 Å². The van der Waals surface area contributed by atoms with Gasteiger partial charge >= 0.3 is 0 Å². The molecule has 3 nitrogen and oxygen atoms in total. The number of benzene rings is 1. The standard InChI is InChI=1S/C20H32N2O/c1-5-7-10-18(6-2)20(23)22-14-12-21(13-15-22)19-11-8-9-16(3)17(19)4/h8-9,11,18H,5-7,10,12-15H2,1-4H3/t18-/m0/s1. The summed E-state index contributed by atoms with van der Waals surface area (Å²) in [4.78, 5) is 17.2. The number of nitrogens with zero attached hydrogens (tertiary/aromatic N) is 2. The summed E-state index contributed by atoms with van der Waals surface area (Å²) in [5.74, 6) is 0.601. The summed E-state index contributed by atoms with van der Waals surface area (Å²) < 4.78 is 0. The fraction of sp³-hybridized carbons (Fsp3) is 0.650. The molecule has 1 aromatic rings. The summed E-state index contributed by atoms with van der Waals surface area (Å²) in [5.41, 5.74) is 4.03. The van der Waals surface area contributed by atoms with E-state index in [-0.39, 0.29) is 5.92 Å². The predicted octanol–water partition coefficient (Wildman–Crippen LogP) is 4.17. The molecule has 0 bridgehead atoms. The molecule has 3 heteroatoms. The Morgan fingerprint density at radius 3 is 2.43 bits per heavy atom. The lowest BCUT2D eigenvalue weighted by Crippen LogP contribution is -2.50. The van der Waals surface area contributed by atoms with Gasteiger partial charge in [-0.3, -0.25) is 4.79 Å². The minimum atomic E-state index is 0.224. The molecule has 1 fully saturated rings. The van der Waals surface area contributed by atoms with Crippen LogP contribution in [0, 0.1) is 19.8 Å². The summed E-state index contributed by atoms with van der Waals surface area (Å²) in [7, 11) is 0. The van der Waals surface area contributed by atoms with Crippen molar-refractivity contribution in [1.29, 1.82) is 0 Å². The van der Waals surface area contributed by atoms with Crippen molar-refractivity contribution in [2.75, 3.05) is 31.1 Å². The second-order valence-corrected chi connectivity index (χ2v) is 6.78. The molecule has 1 aliphatic heterocycles. The molecule has 0 aromatic heterocycles. The lowest BCUT2D eigenvalue weighted by molar-refractivity contribution is -0.136. The van der Waals surface area contributed by atoms with E-state index in [9.17, 15) is 4.79 Å². The van der Waals surface area contributed by atoms with Crippen LogP contribution in [-0.2, 0) is 4.79 Å². The molecule has 1 amide bonds. The minimum absolute atomic E-state index is 0.224. The summed E-state index contributed by atoms with van der Waals surface area (Å²) in [6.45, 7) is 12.3. The maximum Gasteiger partial charge on any atom is 0.225 e. The van der Waals surface area contributed by atoms with Crippen molar-refractivity contribution in [1.82, 2.24) is 4.90 Å². The van der Waals surface area contributed by atoms with Crippen LogP contribution in [0.4, 0.5) is 5.69 Å². The van der Waals surface area contributed by atoms with E-state index in [0.717, 1.165) is 45.4 Å². The average molecular weight is 316 g/mol. The number of aryl methyl sites for hydroxylation is 1. The third kappa shape index (κ3) is 4.27. The number of hydrogen-bond donors (Lipinski definition) is 0. The molecule has 1 atom stereocenters. The number of hydrogen-bond acceptors (Lipinski definition) is 2. The van der Waals surface area contributed by atoms with Crippen LogP contribution in [0.15, 0.2) is 18.2 Å². The predicted molar refractivity (Wildman–Crippen MR) is 98.0 cm³/mol. The van der Waals surface area contributed by atoms with Gasteiger partial charge in [0, 0.05) is 37.8 Å². The number of carbonyl (C=O) groups is 1. The van der Waals surface area contributed by atoms with Crippen LogP contribution in [0.3, 0.4) is 0 Å². The molecule has 23 heavy (non-hydrogen) atoms. The SMILES string of the molecule is CCCC[C@H](CC)C(=O)N1CCN(c2cccc(C)c2C)CC1. The van der Waals surface area contributed by atoms with Crippen molar-refractivity contribution in [2.45, 2.75) is 53.4 Å². The second-order valence-electron chi connectivity index (χ2n) is 6.78.